The van der Waals surface area contributed by atoms with Gasteiger partial charge in [-0.3, -0.25) is 4.79 Å². The Hall–Kier alpha value is -1.64. The van der Waals surface area contributed by atoms with Crippen molar-refractivity contribution < 1.29 is 27.9 Å². The fraction of sp³-hybridized carbons (Fsp3) is 0.273. The summed E-state index contributed by atoms with van der Waals surface area (Å²) in [5, 5.41) is 8.81. The molecule has 0 aliphatic rings. The van der Waals surface area contributed by atoms with Crippen molar-refractivity contribution >= 4 is 33.6 Å². The van der Waals surface area contributed by atoms with Crippen LogP contribution >= 0.6 is 11.6 Å². The van der Waals surface area contributed by atoms with Crippen molar-refractivity contribution in [1.82, 2.24) is 4.72 Å². The first kappa shape index (κ1) is 16.4. The summed E-state index contributed by atoms with van der Waals surface area (Å²) in [7, 11) is -3.13. The average molecular weight is 322 g/mol. The summed E-state index contributed by atoms with van der Waals surface area (Å²) in [6.07, 6.45) is 0. The van der Waals surface area contributed by atoms with E-state index in [1.54, 1.807) is 0 Å². The van der Waals surface area contributed by atoms with Crippen molar-refractivity contribution in [3.05, 3.63) is 28.8 Å². The third kappa shape index (κ3) is 3.69. The van der Waals surface area contributed by atoms with Crippen LogP contribution in [0.15, 0.2) is 23.1 Å². The summed E-state index contributed by atoms with van der Waals surface area (Å²) in [4.78, 5) is 21.8. The largest absolute Gasteiger partial charge is 0.480 e. The summed E-state index contributed by atoms with van der Waals surface area (Å²) >= 11 is 5.71. The molecule has 1 aromatic rings. The molecule has 0 heterocycles. The normalized spacial score (nSPS) is 12.8. The number of halogens is 1. The number of ether oxygens (including phenoxy) is 1. The van der Waals surface area contributed by atoms with E-state index in [1.807, 2.05) is 4.72 Å². The Morgan fingerprint density at radius 1 is 1.40 bits per heavy atom. The molecule has 0 spiro atoms. The first-order chi connectivity index (χ1) is 9.19. The molecule has 9 heteroatoms. The number of aliphatic carboxylic acids is 1. The maximum Gasteiger partial charge on any atom is 0.339 e. The van der Waals surface area contributed by atoms with Gasteiger partial charge in [0.05, 0.1) is 17.6 Å². The zero-order valence-electron chi connectivity index (χ0n) is 10.6. The van der Waals surface area contributed by atoms with Crippen molar-refractivity contribution in [2.24, 2.45) is 0 Å². The van der Waals surface area contributed by atoms with E-state index in [1.165, 1.54) is 12.1 Å². The number of methoxy groups -OCH3 is 1. The van der Waals surface area contributed by atoms with Gasteiger partial charge in [0.15, 0.2) is 0 Å². The van der Waals surface area contributed by atoms with E-state index >= 15 is 0 Å². The van der Waals surface area contributed by atoms with Crippen LogP contribution in [0, 0.1) is 0 Å². The molecule has 0 unspecified atom stereocenters. The molecule has 2 N–H and O–H groups in total. The minimum Gasteiger partial charge on any atom is -0.480 e. The van der Waals surface area contributed by atoms with Gasteiger partial charge >= 0.3 is 11.9 Å². The Balaban J connectivity index is 3.33. The number of nitrogens with one attached hydrogen (secondary N) is 1. The summed E-state index contributed by atoms with van der Waals surface area (Å²) < 4.78 is 30.6. The molecule has 1 aromatic carbocycles. The number of benzene rings is 1. The van der Waals surface area contributed by atoms with Gasteiger partial charge in [-0.05, 0) is 25.1 Å². The Labute approximate surface area is 120 Å². The van der Waals surface area contributed by atoms with Crippen LogP contribution in [-0.4, -0.2) is 38.6 Å². The van der Waals surface area contributed by atoms with Crippen LogP contribution in [0.3, 0.4) is 0 Å². The quantitative estimate of drug-likeness (QED) is 0.779. The van der Waals surface area contributed by atoms with Crippen molar-refractivity contribution in [2.45, 2.75) is 17.9 Å². The number of hydrogen-bond donors (Lipinski definition) is 2. The molecule has 0 saturated heterocycles. The van der Waals surface area contributed by atoms with Crippen LogP contribution in [0.1, 0.15) is 17.3 Å². The zero-order valence-corrected chi connectivity index (χ0v) is 12.2. The topological polar surface area (TPSA) is 110 Å². The maximum absolute atomic E-state index is 12.1. The molecule has 20 heavy (non-hydrogen) atoms. The van der Waals surface area contributed by atoms with Crippen LogP contribution in [0.4, 0.5) is 0 Å². The van der Waals surface area contributed by atoms with Gasteiger partial charge in [0.1, 0.15) is 6.04 Å². The Morgan fingerprint density at radius 3 is 2.50 bits per heavy atom. The van der Waals surface area contributed by atoms with Crippen LogP contribution in [0.5, 0.6) is 0 Å². The van der Waals surface area contributed by atoms with E-state index < -0.39 is 32.9 Å². The van der Waals surface area contributed by atoms with Gasteiger partial charge in [-0.2, -0.15) is 4.72 Å². The molecule has 0 bridgehead atoms. The molecule has 0 aromatic heterocycles. The highest BCUT2D eigenvalue weighted by molar-refractivity contribution is 7.89. The number of esters is 1. The molecule has 1 atom stereocenters. The van der Waals surface area contributed by atoms with Crippen LogP contribution in [-0.2, 0) is 19.6 Å². The SMILES string of the molecule is COC(=O)c1ccc(Cl)cc1S(=O)(=O)N[C@@H](C)C(=O)O. The van der Waals surface area contributed by atoms with Crippen LogP contribution in [0.2, 0.25) is 5.02 Å². The standard InChI is InChI=1S/C11H12ClNO6S/c1-6(10(14)15)13-20(17,18)9-5-7(12)3-4-8(9)11(16)19-2/h3-6,13H,1-2H3,(H,14,15)/t6-/m0/s1. The van der Waals surface area contributed by atoms with E-state index in [4.69, 9.17) is 16.7 Å². The Bertz CT molecular complexity index is 642. The molecule has 1 rings (SSSR count). The van der Waals surface area contributed by atoms with Gasteiger partial charge in [-0.1, -0.05) is 11.6 Å². The molecule has 0 aliphatic carbocycles. The van der Waals surface area contributed by atoms with Crippen LogP contribution < -0.4 is 4.72 Å². The summed E-state index contributed by atoms with van der Waals surface area (Å²) in [5.74, 6) is -2.22. The summed E-state index contributed by atoms with van der Waals surface area (Å²) in [5.41, 5.74) is -0.234. The Kier molecular flexibility index (Phi) is 5.09. The molecular formula is C11H12ClNO6S. The average Bonchev–Trinajstić information content (AvgIpc) is 2.37. The molecule has 0 amide bonds. The number of rotatable bonds is 5. The minimum absolute atomic E-state index is 0.0843. The third-order valence-electron chi connectivity index (χ3n) is 2.34. The highest BCUT2D eigenvalue weighted by Gasteiger charge is 2.27. The molecule has 0 radical (unpaired) electrons. The van der Waals surface area contributed by atoms with Crippen molar-refractivity contribution in [3.63, 3.8) is 0 Å². The smallest absolute Gasteiger partial charge is 0.339 e. The van der Waals surface area contributed by atoms with Gasteiger partial charge in [0.2, 0.25) is 10.0 Å². The van der Waals surface area contributed by atoms with Gasteiger partial charge in [-0.25, -0.2) is 13.2 Å². The lowest BCUT2D eigenvalue weighted by atomic mass is 10.2. The fourth-order valence-corrected chi connectivity index (χ4v) is 3.00. The summed E-state index contributed by atoms with van der Waals surface area (Å²) in [6, 6.07) is 2.20. The molecule has 7 nitrogen and oxygen atoms in total. The second kappa shape index (κ2) is 6.21. The number of carboxylic acid groups (broad SMARTS) is 1. The molecular weight excluding hydrogens is 310 g/mol. The van der Waals surface area contributed by atoms with E-state index in [2.05, 4.69) is 4.74 Å². The summed E-state index contributed by atoms with van der Waals surface area (Å²) in [6.45, 7) is 1.16. The number of carbonyl (C=O) groups is 2. The highest BCUT2D eigenvalue weighted by Crippen LogP contribution is 2.21. The lowest BCUT2D eigenvalue weighted by Crippen LogP contribution is -2.38. The van der Waals surface area contributed by atoms with Crippen molar-refractivity contribution in [2.75, 3.05) is 7.11 Å². The molecule has 0 fully saturated rings. The highest BCUT2D eigenvalue weighted by atomic mass is 35.5. The lowest BCUT2D eigenvalue weighted by Gasteiger charge is -2.13. The zero-order chi connectivity index (χ0) is 15.5. The Morgan fingerprint density at radius 2 is 2.00 bits per heavy atom. The maximum atomic E-state index is 12.1. The lowest BCUT2D eigenvalue weighted by molar-refractivity contribution is -0.138. The van der Waals surface area contributed by atoms with Gasteiger partial charge < -0.3 is 9.84 Å². The van der Waals surface area contributed by atoms with Gasteiger partial charge in [-0.15, -0.1) is 0 Å². The first-order valence-corrected chi connectivity index (χ1v) is 7.18. The fourth-order valence-electron chi connectivity index (χ4n) is 1.34. The number of carbonyl (C=O) groups excluding carboxylic acids is 1. The second-order valence-electron chi connectivity index (χ2n) is 3.81. The first-order valence-electron chi connectivity index (χ1n) is 5.32. The van der Waals surface area contributed by atoms with Crippen LogP contribution in [0.25, 0.3) is 0 Å². The predicted octanol–water partition coefficient (Wildman–Crippen LogP) is 0.878. The number of carboxylic acids is 1. The number of hydrogen-bond acceptors (Lipinski definition) is 5. The second-order valence-corrected chi connectivity index (χ2v) is 5.93. The van der Waals surface area contributed by atoms with E-state index in [-0.39, 0.29) is 10.6 Å². The predicted molar refractivity (Wildman–Crippen MR) is 70.2 cm³/mol. The van der Waals surface area contributed by atoms with E-state index in [9.17, 15) is 18.0 Å². The molecule has 0 saturated carbocycles. The minimum atomic E-state index is -4.23. The third-order valence-corrected chi connectivity index (χ3v) is 4.16. The molecule has 110 valence electrons. The number of sulfonamides is 1. The molecule has 0 aliphatic heterocycles. The van der Waals surface area contributed by atoms with Crippen molar-refractivity contribution in [3.8, 4) is 0 Å². The van der Waals surface area contributed by atoms with Crippen molar-refractivity contribution in [1.29, 1.82) is 0 Å². The van der Waals surface area contributed by atoms with Gasteiger partial charge in [0.25, 0.3) is 0 Å². The van der Waals surface area contributed by atoms with E-state index in [0.29, 0.717) is 0 Å². The van der Waals surface area contributed by atoms with E-state index in [0.717, 1.165) is 20.1 Å². The van der Waals surface area contributed by atoms with Gasteiger partial charge in [0, 0.05) is 5.02 Å². The monoisotopic (exact) mass is 321 g/mol.